The summed E-state index contributed by atoms with van der Waals surface area (Å²) in [6.45, 7) is 9.94. The van der Waals surface area contributed by atoms with E-state index >= 15 is 0 Å². The predicted octanol–water partition coefficient (Wildman–Crippen LogP) is 2.43. The van der Waals surface area contributed by atoms with Crippen molar-refractivity contribution in [3.8, 4) is 5.88 Å². The standard InChI is InChI=1S/C10H18N2O/c1-5-12-7-9(8(3)4)10(11-12)13-6-2/h7-8H,5-6H2,1-4H3. The lowest BCUT2D eigenvalue weighted by Crippen LogP contribution is -1.97. The average Bonchev–Trinajstić information content (AvgIpc) is 2.48. The third kappa shape index (κ3) is 2.23. The molecule has 0 unspecified atom stereocenters. The third-order valence-corrected chi connectivity index (χ3v) is 1.98. The lowest BCUT2D eigenvalue weighted by Gasteiger charge is -2.04. The lowest BCUT2D eigenvalue weighted by atomic mass is 10.1. The van der Waals surface area contributed by atoms with Crippen LogP contribution < -0.4 is 4.74 Å². The highest BCUT2D eigenvalue weighted by molar-refractivity contribution is 5.26. The Kier molecular flexibility index (Phi) is 3.34. The van der Waals surface area contributed by atoms with E-state index in [1.807, 2.05) is 11.6 Å². The van der Waals surface area contributed by atoms with Gasteiger partial charge in [-0.25, -0.2) is 0 Å². The predicted molar refractivity (Wildman–Crippen MR) is 53.2 cm³/mol. The van der Waals surface area contributed by atoms with Crippen molar-refractivity contribution in [1.29, 1.82) is 0 Å². The normalized spacial score (nSPS) is 10.8. The Balaban J connectivity index is 2.93. The highest BCUT2D eigenvalue weighted by atomic mass is 16.5. The summed E-state index contributed by atoms with van der Waals surface area (Å²) in [7, 11) is 0. The maximum absolute atomic E-state index is 5.45. The average molecular weight is 182 g/mol. The molecular formula is C10H18N2O. The van der Waals surface area contributed by atoms with Gasteiger partial charge in [-0.3, -0.25) is 4.68 Å². The summed E-state index contributed by atoms with van der Waals surface area (Å²) in [5.41, 5.74) is 1.20. The van der Waals surface area contributed by atoms with Crippen LogP contribution in [0.3, 0.4) is 0 Å². The third-order valence-electron chi connectivity index (χ3n) is 1.98. The van der Waals surface area contributed by atoms with Crippen molar-refractivity contribution in [2.24, 2.45) is 0 Å². The van der Waals surface area contributed by atoms with Crippen LogP contribution in [0.5, 0.6) is 5.88 Å². The van der Waals surface area contributed by atoms with Gasteiger partial charge in [-0.1, -0.05) is 13.8 Å². The minimum Gasteiger partial charge on any atom is -0.477 e. The minimum absolute atomic E-state index is 0.474. The molecule has 0 radical (unpaired) electrons. The second-order valence-corrected chi connectivity index (χ2v) is 3.33. The molecular weight excluding hydrogens is 164 g/mol. The zero-order valence-corrected chi connectivity index (χ0v) is 8.87. The summed E-state index contributed by atoms with van der Waals surface area (Å²) in [6.07, 6.45) is 2.07. The van der Waals surface area contributed by atoms with Crippen molar-refractivity contribution in [2.45, 2.75) is 40.2 Å². The van der Waals surface area contributed by atoms with Crippen LogP contribution in [0.25, 0.3) is 0 Å². The zero-order chi connectivity index (χ0) is 9.84. The van der Waals surface area contributed by atoms with Crippen LogP contribution in [0.15, 0.2) is 6.20 Å². The van der Waals surface area contributed by atoms with E-state index in [1.165, 1.54) is 5.56 Å². The number of hydrogen-bond donors (Lipinski definition) is 0. The van der Waals surface area contributed by atoms with Crippen molar-refractivity contribution >= 4 is 0 Å². The molecule has 3 nitrogen and oxygen atoms in total. The van der Waals surface area contributed by atoms with Gasteiger partial charge in [0.25, 0.3) is 0 Å². The molecule has 1 aromatic rings. The summed E-state index contributed by atoms with van der Waals surface area (Å²) >= 11 is 0. The molecule has 0 atom stereocenters. The van der Waals surface area contributed by atoms with E-state index in [9.17, 15) is 0 Å². The van der Waals surface area contributed by atoms with Crippen LogP contribution in [-0.2, 0) is 6.54 Å². The van der Waals surface area contributed by atoms with Crippen LogP contribution in [0.1, 0.15) is 39.2 Å². The Morgan fingerprint density at radius 2 is 2.15 bits per heavy atom. The van der Waals surface area contributed by atoms with Gasteiger partial charge in [0.1, 0.15) is 0 Å². The summed E-state index contributed by atoms with van der Waals surface area (Å²) in [4.78, 5) is 0. The number of nitrogens with zero attached hydrogens (tertiary/aromatic N) is 2. The van der Waals surface area contributed by atoms with Gasteiger partial charge >= 0.3 is 0 Å². The second kappa shape index (κ2) is 4.30. The van der Waals surface area contributed by atoms with Gasteiger partial charge in [0, 0.05) is 18.3 Å². The molecule has 0 aromatic carbocycles. The first kappa shape index (κ1) is 10.1. The van der Waals surface area contributed by atoms with Crippen molar-refractivity contribution in [1.82, 2.24) is 9.78 Å². The van der Waals surface area contributed by atoms with Gasteiger partial charge in [-0.2, -0.15) is 0 Å². The van der Waals surface area contributed by atoms with Crippen molar-refractivity contribution in [3.63, 3.8) is 0 Å². The molecule has 0 aliphatic rings. The molecule has 0 bridgehead atoms. The van der Waals surface area contributed by atoms with Crippen molar-refractivity contribution in [2.75, 3.05) is 6.61 Å². The van der Waals surface area contributed by atoms with Crippen molar-refractivity contribution < 1.29 is 4.74 Å². The summed E-state index contributed by atoms with van der Waals surface area (Å²) in [5.74, 6) is 1.27. The fourth-order valence-electron chi connectivity index (χ4n) is 1.23. The molecule has 0 saturated carbocycles. The molecule has 0 amide bonds. The quantitative estimate of drug-likeness (QED) is 0.715. The molecule has 13 heavy (non-hydrogen) atoms. The maximum atomic E-state index is 5.45. The van der Waals surface area contributed by atoms with Crippen LogP contribution in [0.4, 0.5) is 0 Å². The molecule has 0 aliphatic heterocycles. The van der Waals surface area contributed by atoms with E-state index in [2.05, 4.69) is 32.1 Å². The Morgan fingerprint density at radius 1 is 1.46 bits per heavy atom. The summed E-state index contributed by atoms with van der Waals surface area (Å²) in [5, 5.41) is 4.33. The number of ether oxygens (including phenoxy) is 1. The largest absolute Gasteiger partial charge is 0.477 e. The van der Waals surface area contributed by atoms with Crippen LogP contribution in [0.2, 0.25) is 0 Å². The zero-order valence-electron chi connectivity index (χ0n) is 8.87. The van der Waals surface area contributed by atoms with Gasteiger partial charge in [0.2, 0.25) is 5.88 Å². The van der Waals surface area contributed by atoms with Crippen LogP contribution in [0, 0.1) is 0 Å². The molecule has 3 heteroatoms. The molecule has 1 aromatic heterocycles. The molecule has 0 saturated heterocycles. The smallest absolute Gasteiger partial charge is 0.236 e. The van der Waals surface area contributed by atoms with Gasteiger partial charge < -0.3 is 4.74 Å². The highest BCUT2D eigenvalue weighted by Gasteiger charge is 2.11. The van der Waals surface area contributed by atoms with Crippen LogP contribution >= 0.6 is 0 Å². The molecule has 74 valence electrons. The lowest BCUT2D eigenvalue weighted by molar-refractivity contribution is 0.317. The topological polar surface area (TPSA) is 27.1 Å². The first-order valence-electron chi connectivity index (χ1n) is 4.89. The summed E-state index contributed by atoms with van der Waals surface area (Å²) < 4.78 is 7.37. The van der Waals surface area contributed by atoms with E-state index in [0.717, 1.165) is 12.4 Å². The number of rotatable bonds is 4. The molecule has 0 fully saturated rings. The SMILES string of the molecule is CCOc1nn(CC)cc1C(C)C. The highest BCUT2D eigenvalue weighted by Crippen LogP contribution is 2.24. The fraction of sp³-hybridized carbons (Fsp3) is 0.700. The van der Waals surface area contributed by atoms with Gasteiger partial charge in [-0.05, 0) is 19.8 Å². The molecule has 0 N–H and O–H groups in total. The Bertz CT molecular complexity index is 266. The van der Waals surface area contributed by atoms with Gasteiger partial charge in [0.15, 0.2) is 0 Å². The summed E-state index contributed by atoms with van der Waals surface area (Å²) in [6, 6.07) is 0. The van der Waals surface area contributed by atoms with E-state index in [0.29, 0.717) is 12.5 Å². The second-order valence-electron chi connectivity index (χ2n) is 3.33. The molecule has 1 rings (SSSR count). The Morgan fingerprint density at radius 3 is 2.62 bits per heavy atom. The number of aryl methyl sites for hydroxylation is 1. The number of aromatic nitrogens is 2. The molecule has 1 heterocycles. The molecule has 0 spiro atoms. The monoisotopic (exact) mass is 182 g/mol. The Hall–Kier alpha value is -0.990. The van der Waals surface area contributed by atoms with E-state index in [4.69, 9.17) is 4.74 Å². The first-order chi connectivity index (χ1) is 6.19. The van der Waals surface area contributed by atoms with E-state index < -0.39 is 0 Å². The Labute approximate surface area is 79.7 Å². The fourth-order valence-corrected chi connectivity index (χ4v) is 1.23. The van der Waals surface area contributed by atoms with E-state index in [1.54, 1.807) is 0 Å². The van der Waals surface area contributed by atoms with Crippen LogP contribution in [-0.4, -0.2) is 16.4 Å². The minimum atomic E-state index is 0.474. The van der Waals surface area contributed by atoms with Gasteiger partial charge in [0.05, 0.1) is 6.61 Å². The van der Waals surface area contributed by atoms with Crippen molar-refractivity contribution in [3.05, 3.63) is 11.8 Å². The number of hydrogen-bond acceptors (Lipinski definition) is 2. The molecule has 0 aliphatic carbocycles. The maximum Gasteiger partial charge on any atom is 0.236 e. The first-order valence-corrected chi connectivity index (χ1v) is 4.89. The van der Waals surface area contributed by atoms with E-state index in [-0.39, 0.29) is 0 Å². The van der Waals surface area contributed by atoms with Gasteiger partial charge in [-0.15, -0.1) is 5.10 Å².